The van der Waals surface area contributed by atoms with Gasteiger partial charge in [0.05, 0.1) is 11.3 Å². The summed E-state index contributed by atoms with van der Waals surface area (Å²) in [6.07, 6.45) is 5.93. The van der Waals surface area contributed by atoms with E-state index in [4.69, 9.17) is 0 Å². The summed E-state index contributed by atoms with van der Waals surface area (Å²) in [5.41, 5.74) is 2.12. The molecule has 0 aliphatic carbocycles. The molecule has 3 rings (SSSR count). The summed E-state index contributed by atoms with van der Waals surface area (Å²) < 4.78 is 14.9. The van der Waals surface area contributed by atoms with E-state index in [1.54, 1.807) is 23.0 Å². The van der Waals surface area contributed by atoms with Gasteiger partial charge in [0, 0.05) is 31.0 Å². The third kappa shape index (κ3) is 3.57. The molecular weight excluding hydrogens is 305 g/mol. The van der Waals surface area contributed by atoms with Crippen molar-refractivity contribution in [3.8, 4) is 0 Å². The van der Waals surface area contributed by atoms with Crippen LogP contribution in [-0.4, -0.2) is 32.9 Å². The molecule has 1 aromatic heterocycles. The topological polar surface area (TPSA) is 41.3 Å². The molecule has 1 aliphatic rings. The lowest BCUT2D eigenvalue weighted by molar-refractivity contribution is 0.0209. The van der Waals surface area contributed by atoms with Crippen molar-refractivity contribution in [2.75, 3.05) is 13.1 Å². The number of likely N-dealkylation sites (tertiary alicyclic amines) is 1. The SMILES string of the molecule is C=Cn1cc(CN2CCCC(O)(c3ccc(F)cc3)CC2)c(C)n1. The van der Waals surface area contributed by atoms with Gasteiger partial charge in [0.2, 0.25) is 0 Å². The molecule has 1 fully saturated rings. The fourth-order valence-electron chi connectivity index (χ4n) is 3.39. The molecule has 128 valence electrons. The minimum absolute atomic E-state index is 0.271. The normalized spacial score (nSPS) is 22.3. The molecule has 1 saturated heterocycles. The lowest BCUT2D eigenvalue weighted by Gasteiger charge is -2.27. The fourth-order valence-corrected chi connectivity index (χ4v) is 3.39. The first-order chi connectivity index (χ1) is 11.5. The van der Waals surface area contributed by atoms with Crippen molar-refractivity contribution >= 4 is 6.20 Å². The number of aliphatic hydroxyl groups is 1. The summed E-state index contributed by atoms with van der Waals surface area (Å²) in [7, 11) is 0. The molecule has 1 unspecified atom stereocenters. The standard InChI is InChI=1S/C19H24FN3O/c1-3-23-14-16(15(2)21-23)13-22-11-4-9-19(24,10-12-22)17-5-7-18(20)8-6-17/h3,5-8,14,24H,1,4,9-13H2,2H3. The monoisotopic (exact) mass is 329 g/mol. The summed E-state index contributed by atoms with van der Waals surface area (Å²) in [4.78, 5) is 2.35. The number of aryl methyl sites for hydroxylation is 1. The largest absolute Gasteiger partial charge is 0.385 e. The highest BCUT2D eigenvalue weighted by Gasteiger charge is 2.32. The van der Waals surface area contributed by atoms with E-state index in [0.29, 0.717) is 12.8 Å². The maximum absolute atomic E-state index is 13.1. The molecule has 1 atom stereocenters. The van der Waals surface area contributed by atoms with Gasteiger partial charge in [-0.2, -0.15) is 5.10 Å². The number of halogens is 1. The zero-order chi connectivity index (χ0) is 17.2. The van der Waals surface area contributed by atoms with E-state index in [9.17, 15) is 9.50 Å². The van der Waals surface area contributed by atoms with Crippen molar-refractivity contribution < 1.29 is 9.50 Å². The molecular formula is C19H24FN3O. The van der Waals surface area contributed by atoms with Crippen LogP contribution < -0.4 is 0 Å². The Morgan fingerprint density at radius 3 is 2.71 bits per heavy atom. The Morgan fingerprint density at radius 2 is 2.04 bits per heavy atom. The zero-order valence-electron chi connectivity index (χ0n) is 14.1. The fraction of sp³-hybridized carbons (Fsp3) is 0.421. The quantitative estimate of drug-likeness (QED) is 0.936. The Kier molecular flexibility index (Phi) is 4.83. The number of aromatic nitrogens is 2. The average molecular weight is 329 g/mol. The second kappa shape index (κ2) is 6.87. The van der Waals surface area contributed by atoms with E-state index in [2.05, 4.69) is 16.6 Å². The van der Waals surface area contributed by atoms with Crippen LogP contribution in [0.3, 0.4) is 0 Å². The molecule has 24 heavy (non-hydrogen) atoms. The highest BCUT2D eigenvalue weighted by Crippen LogP contribution is 2.33. The van der Waals surface area contributed by atoms with Crippen LogP contribution in [0.25, 0.3) is 6.20 Å². The lowest BCUT2D eigenvalue weighted by Crippen LogP contribution is -2.29. The van der Waals surface area contributed by atoms with Crippen LogP contribution in [0.1, 0.15) is 36.1 Å². The van der Waals surface area contributed by atoms with E-state index < -0.39 is 5.60 Å². The number of nitrogens with zero attached hydrogens (tertiary/aromatic N) is 3. The van der Waals surface area contributed by atoms with Gasteiger partial charge in [0.1, 0.15) is 5.82 Å². The van der Waals surface area contributed by atoms with Crippen molar-refractivity contribution in [3.05, 3.63) is 59.7 Å². The predicted molar refractivity (Wildman–Crippen MR) is 92.8 cm³/mol. The smallest absolute Gasteiger partial charge is 0.123 e. The van der Waals surface area contributed by atoms with Crippen LogP contribution in [-0.2, 0) is 12.1 Å². The molecule has 1 aromatic carbocycles. The van der Waals surface area contributed by atoms with E-state index in [0.717, 1.165) is 37.3 Å². The zero-order valence-corrected chi connectivity index (χ0v) is 14.1. The molecule has 5 heteroatoms. The third-order valence-corrected chi connectivity index (χ3v) is 4.89. The van der Waals surface area contributed by atoms with Crippen molar-refractivity contribution in [3.63, 3.8) is 0 Å². The minimum atomic E-state index is -0.872. The second-order valence-electron chi connectivity index (χ2n) is 6.57. The van der Waals surface area contributed by atoms with E-state index in [1.807, 2.05) is 13.1 Å². The Hall–Kier alpha value is -1.98. The highest BCUT2D eigenvalue weighted by atomic mass is 19.1. The summed E-state index contributed by atoms with van der Waals surface area (Å²) in [6, 6.07) is 6.23. The van der Waals surface area contributed by atoms with Gasteiger partial charge < -0.3 is 5.11 Å². The number of hydrogen-bond donors (Lipinski definition) is 1. The maximum atomic E-state index is 13.1. The van der Waals surface area contributed by atoms with Crippen molar-refractivity contribution in [1.82, 2.24) is 14.7 Å². The van der Waals surface area contributed by atoms with E-state index in [-0.39, 0.29) is 5.82 Å². The van der Waals surface area contributed by atoms with Crippen molar-refractivity contribution in [2.24, 2.45) is 0 Å². The molecule has 1 aliphatic heterocycles. The maximum Gasteiger partial charge on any atom is 0.123 e. The Morgan fingerprint density at radius 1 is 1.29 bits per heavy atom. The van der Waals surface area contributed by atoms with Gasteiger partial charge >= 0.3 is 0 Å². The number of rotatable bonds is 4. The Balaban J connectivity index is 1.69. The summed E-state index contributed by atoms with van der Waals surface area (Å²) in [5.74, 6) is -0.271. The van der Waals surface area contributed by atoms with Crippen LogP contribution in [0.2, 0.25) is 0 Å². The van der Waals surface area contributed by atoms with Crippen molar-refractivity contribution in [2.45, 2.75) is 38.3 Å². The summed E-state index contributed by atoms with van der Waals surface area (Å²) in [5, 5.41) is 15.4. The Bertz CT molecular complexity index is 710. The van der Waals surface area contributed by atoms with Crippen molar-refractivity contribution in [1.29, 1.82) is 0 Å². The molecule has 0 saturated carbocycles. The van der Waals surface area contributed by atoms with Crippen LogP contribution in [0.15, 0.2) is 37.0 Å². The molecule has 2 aromatic rings. The van der Waals surface area contributed by atoms with E-state index >= 15 is 0 Å². The summed E-state index contributed by atoms with van der Waals surface area (Å²) in [6.45, 7) is 8.28. The van der Waals surface area contributed by atoms with Gasteiger partial charge in [-0.1, -0.05) is 18.7 Å². The molecule has 2 heterocycles. The number of benzene rings is 1. The lowest BCUT2D eigenvalue weighted by atomic mass is 9.87. The molecule has 0 spiro atoms. The van der Waals surface area contributed by atoms with Crippen LogP contribution in [0.4, 0.5) is 4.39 Å². The first-order valence-corrected chi connectivity index (χ1v) is 8.38. The first-order valence-electron chi connectivity index (χ1n) is 8.38. The van der Waals surface area contributed by atoms with Gasteiger partial charge in [0.25, 0.3) is 0 Å². The van der Waals surface area contributed by atoms with Crippen LogP contribution >= 0.6 is 0 Å². The highest BCUT2D eigenvalue weighted by molar-refractivity contribution is 5.25. The average Bonchev–Trinajstić information content (AvgIpc) is 2.81. The first kappa shape index (κ1) is 16.9. The van der Waals surface area contributed by atoms with Gasteiger partial charge in [-0.15, -0.1) is 0 Å². The van der Waals surface area contributed by atoms with Gasteiger partial charge in [-0.3, -0.25) is 4.90 Å². The Labute approximate surface area is 142 Å². The molecule has 4 nitrogen and oxygen atoms in total. The minimum Gasteiger partial charge on any atom is -0.385 e. The summed E-state index contributed by atoms with van der Waals surface area (Å²) >= 11 is 0. The van der Waals surface area contributed by atoms with E-state index in [1.165, 1.54) is 17.7 Å². The van der Waals surface area contributed by atoms with Gasteiger partial charge in [0.15, 0.2) is 0 Å². The van der Waals surface area contributed by atoms with Crippen LogP contribution in [0, 0.1) is 12.7 Å². The molecule has 1 N–H and O–H groups in total. The number of hydrogen-bond acceptors (Lipinski definition) is 3. The van der Waals surface area contributed by atoms with Crippen LogP contribution in [0.5, 0.6) is 0 Å². The molecule has 0 radical (unpaired) electrons. The second-order valence-corrected chi connectivity index (χ2v) is 6.57. The molecule has 0 bridgehead atoms. The molecule has 0 amide bonds. The third-order valence-electron chi connectivity index (χ3n) is 4.89. The predicted octanol–water partition coefficient (Wildman–Crippen LogP) is 3.30. The van der Waals surface area contributed by atoms with Gasteiger partial charge in [-0.05, 0) is 50.4 Å². The van der Waals surface area contributed by atoms with Gasteiger partial charge in [-0.25, -0.2) is 9.07 Å².